The highest BCUT2D eigenvalue weighted by Gasteiger charge is 2.29. The standard InChI is InChI=1S/C16H12Cl2N4O5S2/c1-27-14(23)10-6-13-12(7-11(10)18)28-16(22-29(13,25)26)21-20-15(24)19-9-4-2-8(17)3-5-9/h2-7H,1H3,(H,21,22)(H2,19,20,24). The Bertz CT molecular complexity index is 1120. The summed E-state index contributed by atoms with van der Waals surface area (Å²) in [7, 11) is -2.98. The Labute approximate surface area is 179 Å². The third-order valence-electron chi connectivity index (χ3n) is 3.51. The molecule has 1 aliphatic heterocycles. The van der Waals surface area contributed by atoms with Crippen molar-refractivity contribution in [2.24, 2.45) is 4.40 Å². The minimum atomic E-state index is -4.13. The molecular weight excluding hydrogens is 463 g/mol. The van der Waals surface area contributed by atoms with Crippen LogP contribution in [0.5, 0.6) is 0 Å². The molecule has 0 fully saturated rings. The Morgan fingerprint density at radius 1 is 1.14 bits per heavy atom. The number of halogens is 2. The summed E-state index contributed by atoms with van der Waals surface area (Å²) in [6.45, 7) is 0. The predicted octanol–water partition coefficient (Wildman–Crippen LogP) is 3.26. The van der Waals surface area contributed by atoms with Gasteiger partial charge in [-0.1, -0.05) is 23.2 Å². The van der Waals surface area contributed by atoms with E-state index in [4.69, 9.17) is 23.2 Å². The minimum Gasteiger partial charge on any atom is -0.465 e. The van der Waals surface area contributed by atoms with E-state index in [1.165, 1.54) is 6.07 Å². The van der Waals surface area contributed by atoms with Crippen molar-refractivity contribution in [2.45, 2.75) is 9.79 Å². The van der Waals surface area contributed by atoms with Gasteiger partial charge in [0.15, 0.2) is 5.17 Å². The van der Waals surface area contributed by atoms with E-state index >= 15 is 0 Å². The number of carbonyl (C=O) groups is 2. The van der Waals surface area contributed by atoms with Gasteiger partial charge in [-0.25, -0.2) is 15.0 Å². The maximum Gasteiger partial charge on any atom is 0.339 e. The molecule has 13 heteroatoms. The molecular formula is C16H12Cl2N4O5S2. The number of esters is 1. The summed E-state index contributed by atoms with van der Waals surface area (Å²) in [4.78, 5) is 23.7. The first-order valence-corrected chi connectivity index (χ1v) is 10.7. The van der Waals surface area contributed by atoms with Gasteiger partial charge in [0.1, 0.15) is 4.90 Å². The maximum absolute atomic E-state index is 12.4. The molecule has 29 heavy (non-hydrogen) atoms. The molecule has 0 aromatic heterocycles. The average Bonchev–Trinajstić information content (AvgIpc) is 2.66. The van der Waals surface area contributed by atoms with Crippen LogP contribution in [0.3, 0.4) is 0 Å². The summed E-state index contributed by atoms with van der Waals surface area (Å²) in [5.41, 5.74) is 5.10. The van der Waals surface area contributed by atoms with Crippen LogP contribution in [0.15, 0.2) is 50.6 Å². The lowest BCUT2D eigenvalue weighted by atomic mass is 10.2. The largest absolute Gasteiger partial charge is 0.465 e. The van der Waals surface area contributed by atoms with Crippen molar-refractivity contribution in [3.8, 4) is 0 Å². The second-order valence-corrected chi connectivity index (χ2v) is 8.90. The van der Waals surface area contributed by atoms with Crippen molar-refractivity contribution >= 4 is 67.8 Å². The summed E-state index contributed by atoms with van der Waals surface area (Å²) < 4.78 is 33.1. The smallest absolute Gasteiger partial charge is 0.339 e. The molecule has 1 heterocycles. The van der Waals surface area contributed by atoms with Crippen LogP contribution in [0.25, 0.3) is 0 Å². The van der Waals surface area contributed by atoms with Crippen molar-refractivity contribution in [3.63, 3.8) is 0 Å². The van der Waals surface area contributed by atoms with Gasteiger partial charge in [0, 0.05) is 15.6 Å². The van der Waals surface area contributed by atoms with Gasteiger partial charge in [-0.2, -0.15) is 8.42 Å². The number of nitrogens with zero attached hydrogens (tertiary/aromatic N) is 1. The third kappa shape index (κ3) is 4.93. The van der Waals surface area contributed by atoms with Gasteiger partial charge in [-0.05, 0) is 48.2 Å². The number of methoxy groups -OCH3 is 1. The number of nitrogens with one attached hydrogen (secondary N) is 3. The van der Waals surface area contributed by atoms with Crippen molar-refractivity contribution < 1.29 is 22.7 Å². The number of fused-ring (bicyclic) bond motifs is 1. The molecule has 3 N–H and O–H groups in total. The molecule has 0 atom stereocenters. The normalized spacial score (nSPS) is 14.2. The van der Waals surface area contributed by atoms with E-state index in [0.29, 0.717) is 10.7 Å². The van der Waals surface area contributed by atoms with Crippen molar-refractivity contribution in [3.05, 3.63) is 52.0 Å². The van der Waals surface area contributed by atoms with Crippen molar-refractivity contribution in [1.82, 2.24) is 10.9 Å². The van der Waals surface area contributed by atoms with Gasteiger partial charge >= 0.3 is 12.0 Å². The number of urea groups is 1. The van der Waals surface area contributed by atoms with Crippen LogP contribution in [-0.2, 0) is 14.8 Å². The molecule has 1 aliphatic rings. The zero-order chi connectivity index (χ0) is 21.2. The number of amides is 2. The SMILES string of the molecule is COC(=O)c1cc2c(cc1Cl)SC(NNC(=O)Nc1ccc(Cl)cc1)=NS2(=O)=O. The number of anilines is 1. The number of ether oxygens (including phenoxy) is 1. The summed E-state index contributed by atoms with van der Waals surface area (Å²) >= 11 is 12.7. The van der Waals surface area contributed by atoms with Gasteiger partial charge < -0.3 is 10.1 Å². The topological polar surface area (TPSA) is 126 Å². The van der Waals surface area contributed by atoms with Crippen LogP contribution in [0.1, 0.15) is 10.4 Å². The lowest BCUT2D eigenvalue weighted by molar-refractivity contribution is 0.0600. The zero-order valence-corrected chi connectivity index (χ0v) is 17.7. The van der Waals surface area contributed by atoms with E-state index < -0.39 is 22.0 Å². The van der Waals surface area contributed by atoms with Crippen LogP contribution < -0.4 is 16.2 Å². The summed E-state index contributed by atoms with van der Waals surface area (Å²) in [5, 5.41) is 2.96. The summed E-state index contributed by atoms with van der Waals surface area (Å²) in [5.74, 6) is -0.772. The fourth-order valence-electron chi connectivity index (χ4n) is 2.22. The van der Waals surface area contributed by atoms with Crippen LogP contribution in [0, 0.1) is 0 Å². The lowest BCUT2D eigenvalue weighted by Crippen LogP contribution is -2.43. The molecule has 0 bridgehead atoms. The number of benzene rings is 2. The Hall–Kier alpha value is -2.47. The molecule has 2 aromatic carbocycles. The fraction of sp³-hybridized carbons (Fsp3) is 0.0625. The van der Waals surface area contributed by atoms with Gasteiger partial charge in [0.2, 0.25) is 0 Å². The molecule has 0 unspecified atom stereocenters. The number of hydrogen-bond acceptors (Lipinski definition) is 7. The van der Waals surface area contributed by atoms with E-state index in [1.54, 1.807) is 24.3 Å². The first kappa shape index (κ1) is 21.2. The molecule has 9 nitrogen and oxygen atoms in total. The van der Waals surface area contributed by atoms with E-state index in [0.717, 1.165) is 24.9 Å². The van der Waals surface area contributed by atoms with Gasteiger partial charge in [0.25, 0.3) is 10.0 Å². The van der Waals surface area contributed by atoms with Gasteiger partial charge in [-0.15, -0.1) is 4.40 Å². The first-order chi connectivity index (χ1) is 13.7. The van der Waals surface area contributed by atoms with Crippen LogP contribution in [0.4, 0.5) is 10.5 Å². The summed E-state index contributed by atoms with van der Waals surface area (Å²) in [6.07, 6.45) is 0. The Morgan fingerprint density at radius 3 is 2.48 bits per heavy atom. The lowest BCUT2D eigenvalue weighted by Gasteiger charge is -2.18. The fourth-order valence-corrected chi connectivity index (χ4v) is 5.12. The van der Waals surface area contributed by atoms with Gasteiger partial charge in [0.05, 0.1) is 17.7 Å². The molecule has 0 radical (unpaired) electrons. The second kappa shape index (κ2) is 8.49. The molecule has 0 saturated carbocycles. The molecule has 2 aromatic rings. The Kier molecular flexibility index (Phi) is 6.22. The zero-order valence-electron chi connectivity index (χ0n) is 14.5. The molecule has 152 valence electrons. The first-order valence-electron chi connectivity index (χ1n) is 7.73. The van der Waals surface area contributed by atoms with Crippen LogP contribution >= 0.6 is 35.0 Å². The predicted molar refractivity (Wildman–Crippen MR) is 110 cm³/mol. The van der Waals surface area contributed by atoms with Crippen LogP contribution in [-0.4, -0.2) is 32.7 Å². The second-order valence-electron chi connectivity index (χ2n) is 5.45. The van der Waals surface area contributed by atoms with Crippen molar-refractivity contribution in [2.75, 3.05) is 12.4 Å². The number of hydrogen-bond donors (Lipinski definition) is 3. The molecule has 0 saturated heterocycles. The highest BCUT2D eigenvalue weighted by atomic mass is 35.5. The molecule has 0 aliphatic carbocycles. The quantitative estimate of drug-likeness (QED) is 0.450. The van der Waals surface area contributed by atoms with E-state index in [2.05, 4.69) is 25.3 Å². The van der Waals surface area contributed by atoms with E-state index in [1.807, 2.05) is 0 Å². The molecule has 3 rings (SSSR count). The molecule has 0 spiro atoms. The number of carbonyl (C=O) groups excluding carboxylic acids is 2. The minimum absolute atomic E-state index is 0.0213. The van der Waals surface area contributed by atoms with Crippen LogP contribution in [0.2, 0.25) is 10.0 Å². The maximum atomic E-state index is 12.4. The number of hydrazine groups is 1. The number of rotatable bonds is 2. The average molecular weight is 475 g/mol. The number of thioether (sulfide) groups is 1. The highest BCUT2D eigenvalue weighted by molar-refractivity contribution is 8.15. The Balaban J connectivity index is 1.73. The monoisotopic (exact) mass is 474 g/mol. The third-order valence-corrected chi connectivity index (χ3v) is 6.58. The number of amidine groups is 1. The highest BCUT2D eigenvalue weighted by Crippen LogP contribution is 2.37. The Morgan fingerprint density at radius 2 is 1.83 bits per heavy atom. The van der Waals surface area contributed by atoms with Gasteiger partial charge in [-0.3, -0.25) is 5.43 Å². The van der Waals surface area contributed by atoms with E-state index in [-0.39, 0.29) is 25.5 Å². The van der Waals surface area contributed by atoms with Crippen molar-refractivity contribution in [1.29, 1.82) is 0 Å². The number of sulfonamides is 1. The molecule has 2 amide bonds. The summed E-state index contributed by atoms with van der Waals surface area (Å²) in [6, 6.07) is 8.15. The van der Waals surface area contributed by atoms with E-state index in [9.17, 15) is 18.0 Å².